The minimum Gasteiger partial charge on any atom is -0.324 e. The van der Waals surface area contributed by atoms with Crippen LogP contribution in [-0.4, -0.2) is 75.4 Å². The maximum Gasteiger partial charge on any atom is 0.460 e. The lowest BCUT2D eigenvalue weighted by Crippen LogP contribution is -2.76. The molecule has 0 saturated heterocycles. The molecular weight excluding hydrogens is 658 g/mol. The summed E-state index contributed by atoms with van der Waals surface area (Å²) in [5, 5.41) is 0. The van der Waals surface area contributed by atoms with Crippen LogP contribution in [0.3, 0.4) is 0 Å². The van der Waals surface area contributed by atoms with Crippen molar-refractivity contribution in [2.45, 2.75) is 85.2 Å². The molecule has 242 valence electrons. The fourth-order valence-electron chi connectivity index (χ4n) is 2.59. The van der Waals surface area contributed by atoms with Crippen LogP contribution in [0.15, 0.2) is 0 Å². The molecule has 3 nitrogen and oxygen atoms in total. The molecule has 0 aromatic heterocycles. The third-order valence-electron chi connectivity index (χ3n) is 5.02. The van der Waals surface area contributed by atoms with Gasteiger partial charge in [0, 0.05) is 12.6 Å². The maximum atomic E-state index is 13.7. The van der Waals surface area contributed by atoms with Gasteiger partial charge < -0.3 is 9.79 Å². The highest BCUT2D eigenvalue weighted by atomic mass is 31.2. The summed E-state index contributed by atoms with van der Waals surface area (Å²) in [4.78, 5) is 16.9. The number of hydrogen-bond donors (Lipinski definition) is 2. The molecule has 0 spiro atoms. The first kappa shape index (κ1) is 38.7. The molecular formula is C15H12F21O3P. The topological polar surface area (TPSA) is 57.5 Å². The van der Waals surface area contributed by atoms with Crippen LogP contribution in [0.4, 0.5) is 92.2 Å². The summed E-state index contributed by atoms with van der Waals surface area (Å²) in [5.74, 6) is -77.2. The third-order valence-corrected chi connectivity index (χ3v) is 5.91. The van der Waals surface area contributed by atoms with E-state index in [1.807, 2.05) is 0 Å². The van der Waals surface area contributed by atoms with E-state index in [1.54, 1.807) is 0 Å². The maximum absolute atomic E-state index is 13.7. The quantitative estimate of drug-likeness (QED) is 0.112. The zero-order chi connectivity index (χ0) is 33.0. The second-order valence-corrected chi connectivity index (χ2v) is 9.77. The van der Waals surface area contributed by atoms with Crippen molar-refractivity contribution in [1.82, 2.24) is 0 Å². The number of unbranched alkanes of at least 4 members (excludes halogenated alkanes) is 2. The Morgan fingerprint density at radius 1 is 0.400 bits per heavy atom. The second kappa shape index (κ2) is 10.4. The molecule has 0 aliphatic carbocycles. The molecule has 0 bridgehead atoms. The summed E-state index contributed by atoms with van der Waals surface area (Å²) < 4.78 is 288. The molecule has 0 radical (unpaired) electrons. The minimum absolute atomic E-state index is 0.839. The smallest absolute Gasteiger partial charge is 0.324 e. The molecule has 0 heterocycles. The van der Waals surface area contributed by atoms with Gasteiger partial charge in [0.2, 0.25) is 0 Å². The van der Waals surface area contributed by atoms with Crippen molar-refractivity contribution in [2.24, 2.45) is 0 Å². The fourth-order valence-corrected chi connectivity index (χ4v) is 3.22. The van der Waals surface area contributed by atoms with E-state index in [1.165, 1.54) is 0 Å². The van der Waals surface area contributed by atoms with E-state index < -0.39 is 98.9 Å². The minimum atomic E-state index is -9.21. The number of alkyl halides is 21. The number of rotatable bonds is 14. The molecule has 0 aliphatic rings. The lowest BCUT2D eigenvalue weighted by Gasteiger charge is -2.44. The van der Waals surface area contributed by atoms with Crippen molar-refractivity contribution in [2.75, 3.05) is 6.16 Å². The van der Waals surface area contributed by atoms with Gasteiger partial charge in [-0.1, -0.05) is 6.42 Å². The average Bonchev–Trinajstić information content (AvgIpc) is 2.70. The van der Waals surface area contributed by atoms with Crippen LogP contribution >= 0.6 is 7.60 Å². The van der Waals surface area contributed by atoms with E-state index in [0.717, 1.165) is 0 Å². The normalized spacial score (nSPS) is 16.5. The lowest BCUT2D eigenvalue weighted by atomic mass is 9.85. The van der Waals surface area contributed by atoms with Crippen molar-refractivity contribution >= 4 is 7.60 Å². The van der Waals surface area contributed by atoms with E-state index in [0.29, 0.717) is 0 Å². The average molecular weight is 670 g/mol. The Morgan fingerprint density at radius 2 is 0.675 bits per heavy atom. The van der Waals surface area contributed by atoms with Crippen molar-refractivity contribution in [3.8, 4) is 0 Å². The molecule has 0 aromatic carbocycles. The molecule has 0 saturated carbocycles. The molecule has 25 heteroatoms. The number of halogens is 21. The predicted octanol–water partition coefficient (Wildman–Crippen LogP) is 8.00. The van der Waals surface area contributed by atoms with E-state index in [-0.39, 0.29) is 0 Å². The summed E-state index contributed by atoms with van der Waals surface area (Å²) in [5.41, 5.74) is 0. The van der Waals surface area contributed by atoms with Gasteiger partial charge in [-0.3, -0.25) is 4.57 Å². The largest absolute Gasteiger partial charge is 0.460 e. The van der Waals surface area contributed by atoms with Crippen LogP contribution in [-0.2, 0) is 4.57 Å². The Morgan fingerprint density at radius 3 is 0.950 bits per heavy atom. The standard InChI is InChI=1S/C15H12F21O3P/c16-6(17,4-2-1-3-5-40(37,38)39)7(18,19)8(20,21)9(22,23)10(24,25)11(26,27)12(28,29)13(30,31)14(32,33)15(34,35)36/h1-5H2,(H2,37,38,39). The molecule has 0 fully saturated rings. The van der Waals surface area contributed by atoms with Gasteiger partial charge in [-0.05, 0) is 12.8 Å². The molecule has 40 heavy (non-hydrogen) atoms. The summed E-state index contributed by atoms with van der Waals surface area (Å²) in [6.45, 7) is 0. The van der Waals surface area contributed by atoms with Crippen LogP contribution < -0.4 is 0 Å². The van der Waals surface area contributed by atoms with Crippen LogP contribution in [0.2, 0.25) is 0 Å². The highest BCUT2D eigenvalue weighted by Gasteiger charge is 2.97. The zero-order valence-electron chi connectivity index (χ0n) is 18.2. The van der Waals surface area contributed by atoms with Crippen molar-refractivity contribution < 1.29 is 107 Å². The number of hydrogen-bond acceptors (Lipinski definition) is 1. The van der Waals surface area contributed by atoms with Gasteiger partial charge in [0.25, 0.3) is 0 Å². The van der Waals surface area contributed by atoms with Crippen LogP contribution in [0.5, 0.6) is 0 Å². The predicted molar refractivity (Wildman–Crippen MR) is 86.0 cm³/mol. The molecule has 0 atom stereocenters. The van der Waals surface area contributed by atoms with Gasteiger partial charge in [0.15, 0.2) is 0 Å². The zero-order valence-corrected chi connectivity index (χ0v) is 19.1. The molecule has 0 unspecified atom stereocenters. The summed E-state index contributed by atoms with van der Waals surface area (Å²) >= 11 is 0. The second-order valence-electron chi connectivity index (χ2n) is 8.00. The van der Waals surface area contributed by atoms with Crippen molar-refractivity contribution in [3.63, 3.8) is 0 Å². The molecule has 0 rings (SSSR count). The first-order chi connectivity index (χ1) is 17.0. The lowest BCUT2D eigenvalue weighted by molar-refractivity contribution is -0.474. The Bertz CT molecular complexity index is 934. The third kappa shape index (κ3) is 5.81. The Kier molecular flexibility index (Phi) is 10.1. The van der Waals surface area contributed by atoms with Gasteiger partial charge in [-0.2, -0.15) is 92.2 Å². The summed E-state index contributed by atoms with van der Waals surface area (Å²) in [6.07, 6.45) is -15.3. The van der Waals surface area contributed by atoms with Gasteiger partial charge in [0.05, 0.1) is 0 Å². The highest BCUT2D eigenvalue weighted by Crippen LogP contribution is 2.66. The first-order valence-corrected chi connectivity index (χ1v) is 11.3. The van der Waals surface area contributed by atoms with E-state index in [9.17, 15) is 96.8 Å². The summed E-state index contributed by atoms with van der Waals surface area (Å²) in [7, 11) is -4.84. The molecule has 0 aromatic rings. The van der Waals surface area contributed by atoms with E-state index in [4.69, 9.17) is 9.79 Å². The summed E-state index contributed by atoms with van der Waals surface area (Å²) in [6, 6.07) is 0. The van der Waals surface area contributed by atoms with Gasteiger partial charge >= 0.3 is 67.1 Å². The molecule has 0 amide bonds. The Balaban J connectivity index is 6.59. The van der Waals surface area contributed by atoms with Crippen LogP contribution in [0.25, 0.3) is 0 Å². The van der Waals surface area contributed by atoms with Crippen LogP contribution in [0, 0.1) is 0 Å². The van der Waals surface area contributed by atoms with Crippen molar-refractivity contribution in [3.05, 3.63) is 0 Å². The van der Waals surface area contributed by atoms with E-state index >= 15 is 0 Å². The van der Waals surface area contributed by atoms with Crippen molar-refractivity contribution in [1.29, 1.82) is 0 Å². The molecule has 0 aliphatic heterocycles. The van der Waals surface area contributed by atoms with Gasteiger partial charge in [-0.25, -0.2) is 0 Å². The van der Waals surface area contributed by atoms with Crippen LogP contribution in [0.1, 0.15) is 25.7 Å². The fraction of sp³-hybridized carbons (Fsp3) is 1.00. The monoisotopic (exact) mass is 670 g/mol. The van der Waals surface area contributed by atoms with E-state index in [2.05, 4.69) is 0 Å². The first-order valence-electron chi connectivity index (χ1n) is 9.47. The Labute approximate surface area is 206 Å². The van der Waals surface area contributed by atoms with Gasteiger partial charge in [0.1, 0.15) is 0 Å². The SMILES string of the molecule is O=P(O)(O)CCCCCC(F)(F)C(F)(F)C(F)(F)C(F)(F)C(F)(F)C(F)(F)C(F)(F)C(F)(F)C(F)(F)C(F)(F)F. The Hall–Kier alpha value is -1.32. The molecule has 2 N–H and O–H groups in total. The van der Waals surface area contributed by atoms with Gasteiger partial charge in [-0.15, -0.1) is 0 Å². The highest BCUT2D eigenvalue weighted by molar-refractivity contribution is 7.51.